The fourth-order valence-electron chi connectivity index (χ4n) is 20.7. The Hall–Kier alpha value is -17.2. The van der Waals surface area contributed by atoms with Crippen LogP contribution in [0.1, 0.15) is 22.3 Å². The molecule has 0 saturated carbocycles. The second kappa shape index (κ2) is 31.9. The van der Waals surface area contributed by atoms with Gasteiger partial charge < -0.3 is 13.3 Å². The van der Waals surface area contributed by atoms with Crippen molar-refractivity contribution in [1.29, 1.82) is 0 Å². The maximum atomic E-state index is 7.03. The number of hydrogen-bond acceptors (Lipinski definition) is 6. The number of benzene rings is 21. The molecule has 0 N–H and O–H groups in total. The van der Waals surface area contributed by atoms with Crippen molar-refractivity contribution >= 4 is 163 Å². The first kappa shape index (κ1) is 78.1. The lowest BCUT2D eigenvalue weighted by Crippen LogP contribution is -1.89. The van der Waals surface area contributed by atoms with Gasteiger partial charge in [0.25, 0.3) is 0 Å². The molecule has 0 atom stereocenters. The number of hydrogen-bond donors (Lipinski definition) is 0. The van der Waals surface area contributed by atoms with Gasteiger partial charge in [-0.3, -0.25) is 0 Å². The molecule has 6 aromatic heterocycles. The van der Waals surface area contributed by atoms with Gasteiger partial charge in [-0.1, -0.05) is 352 Å². The molecule has 0 aliphatic carbocycles. The van der Waals surface area contributed by atoms with Crippen LogP contribution >= 0.6 is 0 Å². The zero-order chi connectivity index (χ0) is 88.5. The van der Waals surface area contributed by atoms with E-state index in [1.807, 2.05) is 0 Å². The van der Waals surface area contributed by atoms with E-state index in [0.29, 0.717) is 0 Å². The van der Waals surface area contributed by atoms with Crippen LogP contribution in [0.25, 0.3) is 264 Å². The Bertz CT molecular complexity index is 9290. The largest absolute Gasteiger partial charge is 0.455 e. The quantitative estimate of drug-likeness (QED) is 0.134. The van der Waals surface area contributed by atoms with Crippen LogP contribution in [0.4, 0.5) is 0 Å². The molecule has 0 bridgehead atoms. The molecule has 21 aromatic carbocycles. The van der Waals surface area contributed by atoms with Gasteiger partial charge in [-0.2, -0.15) is 0 Å². The molecule has 27 aromatic rings. The molecule has 0 amide bonds. The van der Waals surface area contributed by atoms with Crippen LogP contribution < -0.4 is 0 Å². The van der Waals surface area contributed by atoms with Gasteiger partial charge in [-0.15, -0.1) is 0 Å². The number of furan rings is 3. The number of aromatic nitrogens is 3. The van der Waals surface area contributed by atoms with E-state index in [1.54, 1.807) is 0 Å². The Kier molecular flexibility index (Phi) is 18.7. The number of nitrogens with zero attached hydrogens (tertiary/aromatic N) is 3. The SMILES string of the molecule is Cc1cc(C)c2oc3c(-c4ccc(-c5ccc6c7ccccc7c7ccccc7c6n5)cc4)cc(C)cc3c2c1.Cc1cccc2c1oc1c(-c3ccc(-c4ccc5c6ccccc6c6ccccc6c5n4)cc3)cccc12.c1ccc(-c2cc(-c3ccccc3)c3oc4c(-c5ccc(-c6ccc7c8ccccc8c8ccccc8c7n6)cc5)cc(-c5ccccc5)cc4c3c2)cc1. The Morgan fingerprint density at radius 3 is 0.789 bits per heavy atom. The van der Waals surface area contributed by atoms with Gasteiger partial charge >= 0.3 is 0 Å². The van der Waals surface area contributed by atoms with Gasteiger partial charge in [0.1, 0.15) is 33.5 Å². The summed E-state index contributed by atoms with van der Waals surface area (Å²) in [5.74, 6) is 0. The molecule has 0 saturated heterocycles. The van der Waals surface area contributed by atoms with Crippen molar-refractivity contribution in [1.82, 2.24) is 15.0 Å². The topological polar surface area (TPSA) is 78.1 Å². The fourth-order valence-corrected chi connectivity index (χ4v) is 20.7. The summed E-state index contributed by atoms with van der Waals surface area (Å²) in [6.07, 6.45) is 0. The normalized spacial score (nSPS) is 11.8. The predicted octanol–water partition coefficient (Wildman–Crippen LogP) is 35.6. The second-order valence-electron chi connectivity index (χ2n) is 35.3. The molecule has 0 aliphatic rings. The van der Waals surface area contributed by atoms with Crippen LogP contribution in [0.3, 0.4) is 0 Å². The minimum absolute atomic E-state index is 0.881. The first-order valence-corrected chi connectivity index (χ1v) is 45.6. The van der Waals surface area contributed by atoms with Crippen LogP contribution in [0.2, 0.25) is 0 Å². The summed E-state index contributed by atoms with van der Waals surface area (Å²) in [6, 6.07) is 154. The first-order chi connectivity index (χ1) is 65.6. The van der Waals surface area contributed by atoms with Gasteiger partial charge in [0, 0.05) is 104 Å². The molecule has 0 fully saturated rings. The molecule has 624 valence electrons. The molecule has 6 heterocycles. The third-order valence-electron chi connectivity index (χ3n) is 27.1. The Labute approximate surface area is 767 Å². The first-order valence-electron chi connectivity index (χ1n) is 45.6. The molecule has 6 nitrogen and oxygen atoms in total. The van der Waals surface area contributed by atoms with E-state index in [4.69, 9.17) is 28.2 Å². The number of rotatable bonds is 9. The Balaban J connectivity index is 0.000000109. The fraction of sp³-hybridized carbons (Fsp3) is 0.0315. The monoisotopic (exact) mass is 1700 g/mol. The van der Waals surface area contributed by atoms with Crippen LogP contribution in [0.15, 0.2) is 444 Å². The van der Waals surface area contributed by atoms with E-state index >= 15 is 0 Å². The van der Waals surface area contributed by atoms with Crippen LogP contribution in [-0.2, 0) is 0 Å². The van der Waals surface area contributed by atoms with Gasteiger partial charge in [-0.05, 0) is 222 Å². The van der Waals surface area contributed by atoms with Crippen molar-refractivity contribution in [2.75, 3.05) is 0 Å². The zero-order valence-corrected chi connectivity index (χ0v) is 73.6. The smallest absolute Gasteiger partial charge is 0.143 e. The molecule has 0 spiro atoms. The Morgan fingerprint density at radius 1 is 0.143 bits per heavy atom. The average Bonchev–Trinajstić information content (AvgIpc) is 1.68. The highest BCUT2D eigenvalue weighted by atomic mass is 16.3. The maximum Gasteiger partial charge on any atom is 0.143 e. The summed E-state index contributed by atoms with van der Waals surface area (Å²) in [6.45, 7) is 8.53. The Morgan fingerprint density at radius 2 is 0.398 bits per heavy atom. The minimum Gasteiger partial charge on any atom is -0.455 e. The van der Waals surface area contributed by atoms with E-state index in [1.165, 1.54) is 125 Å². The lowest BCUT2D eigenvalue weighted by molar-refractivity contribution is 0.666. The van der Waals surface area contributed by atoms with E-state index in [-0.39, 0.29) is 0 Å². The van der Waals surface area contributed by atoms with Crippen molar-refractivity contribution < 1.29 is 13.3 Å². The van der Waals surface area contributed by atoms with Crippen LogP contribution in [-0.4, -0.2) is 15.0 Å². The van der Waals surface area contributed by atoms with Crippen LogP contribution in [0.5, 0.6) is 0 Å². The molecule has 0 aliphatic heterocycles. The van der Waals surface area contributed by atoms with Gasteiger partial charge in [-0.25, -0.2) is 15.0 Å². The highest BCUT2D eigenvalue weighted by molar-refractivity contribution is 6.28. The lowest BCUT2D eigenvalue weighted by Gasteiger charge is -2.12. The summed E-state index contributed by atoms with van der Waals surface area (Å²) >= 11 is 0. The van der Waals surface area contributed by atoms with Crippen molar-refractivity contribution in [3.63, 3.8) is 0 Å². The number of para-hydroxylation sites is 2. The van der Waals surface area contributed by atoms with E-state index in [0.717, 1.165) is 161 Å². The molecule has 0 unspecified atom stereocenters. The predicted molar refractivity (Wildman–Crippen MR) is 560 cm³/mol. The summed E-state index contributed by atoms with van der Waals surface area (Å²) < 4.78 is 19.9. The highest BCUT2D eigenvalue weighted by Crippen LogP contribution is 2.48. The number of aryl methyl sites for hydroxylation is 4. The van der Waals surface area contributed by atoms with Crippen molar-refractivity contribution in [2.24, 2.45) is 0 Å². The average molecular weight is 1700 g/mol. The third-order valence-corrected chi connectivity index (χ3v) is 27.1. The third kappa shape index (κ3) is 13.4. The molecule has 6 heteroatoms. The van der Waals surface area contributed by atoms with Crippen molar-refractivity contribution in [3.8, 4) is 101 Å². The summed E-state index contributed by atoms with van der Waals surface area (Å²) in [5, 5.41) is 25.2. The number of fused-ring (bicyclic) bond motifs is 27. The molecule has 0 radical (unpaired) electrons. The lowest BCUT2D eigenvalue weighted by atomic mass is 9.93. The van der Waals surface area contributed by atoms with Gasteiger partial charge in [0.2, 0.25) is 0 Å². The van der Waals surface area contributed by atoms with Crippen molar-refractivity contribution in [3.05, 3.63) is 453 Å². The van der Waals surface area contributed by atoms with Crippen molar-refractivity contribution in [2.45, 2.75) is 27.7 Å². The van der Waals surface area contributed by atoms with E-state index < -0.39 is 0 Å². The summed E-state index contributed by atoms with van der Waals surface area (Å²) in [7, 11) is 0. The molecule has 27 rings (SSSR count). The minimum atomic E-state index is 0.881. The molecule has 133 heavy (non-hydrogen) atoms. The van der Waals surface area contributed by atoms with Crippen LogP contribution in [0, 0.1) is 27.7 Å². The molecular weight excluding hydrogens is 1620 g/mol. The van der Waals surface area contributed by atoms with Gasteiger partial charge in [0.15, 0.2) is 0 Å². The second-order valence-corrected chi connectivity index (χ2v) is 35.3. The number of pyridine rings is 3. The maximum absolute atomic E-state index is 7.03. The van der Waals surface area contributed by atoms with Gasteiger partial charge in [0.05, 0.1) is 33.6 Å². The molecular formula is C127H83N3O3. The standard InChI is InChI=1S/C53H33NO.C38H27NO.C36H23NO/c1-4-14-34(15-5-1)39-30-46(36-18-8-3-9-19-36)52-48(32-39)49-33-40(35-16-6-2-7-17-35)31-47(53(49)55-52)37-24-26-38(27-25-37)50-29-28-45-43-22-11-10-20-41(43)42-21-12-13-23-44(42)51(45)54-50;1-22-18-24(3)37-33(20-22)34-21-23(2)19-32(38(34)40-37)25-12-14-26(15-13-25)35-17-16-31-29-10-5-4-8-27(29)28-9-6-7-11-30(28)36(31)39-35;1-22-8-6-14-31-32-15-7-13-25(36(32)38-35(22)31)23-16-18-24(19-17-23)33-21-20-30-28-11-3-2-9-26(28)27-10-4-5-12-29(27)34(30)37-33/h1-33H;4-21H,1-3H3;2-21H,1H3. The summed E-state index contributed by atoms with van der Waals surface area (Å²) in [5.41, 5.74) is 33.2. The van der Waals surface area contributed by atoms with E-state index in [2.05, 4.69) is 458 Å². The van der Waals surface area contributed by atoms with E-state index in [9.17, 15) is 0 Å². The summed E-state index contributed by atoms with van der Waals surface area (Å²) in [4.78, 5) is 15.7. The zero-order valence-electron chi connectivity index (χ0n) is 73.6. The highest BCUT2D eigenvalue weighted by Gasteiger charge is 2.24.